The highest BCUT2D eigenvalue weighted by Gasteiger charge is 2.02. The minimum atomic E-state index is 0.939. The van der Waals surface area contributed by atoms with Gasteiger partial charge in [-0.05, 0) is 11.8 Å². The van der Waals surface area contributed by atoms with Crippen LogP contribution in [-0.4, -0.2) is 6.79 Å². The smallest absolute Gasteiger partial charge is 0.106 e. The Labute approximate surface area is 91.3 Å². The van der Waals surface area contributed by atoms with Crippen LogP contribution in [0.1, 0.15) is 67.2 Å². The van der Waals surface area contributed by atoms with Gasteiger partial charge >= 0.3 is 0 Å². The van der Waals surface area contributed by atoms with Crippen molar-refractivity contribution < 1.29 is 4.79 Å². The zero-order chi connectivity index (χ0) is 12.0. The first-order chi connectivity index (χ1) is 6.70. The van der Waals surface area contributed by atoms with E-state index in [1.165, 1.54) is 25.7 Å². The van der Waals surface area contributed by atoms with E-state index in [1.54, 1.807) is 0 Å². The molecule has 14 heavy (non-hydrogen) atoms. The molecule has 0 N–H and O–H groups in total. The maximum absolute atomic E-state index is 8.00. The lowest BCUT2D eigenvalue weighted by Crippen LogP contribution is -1.97. The Morgan fingerprint density at radius 3 is 1.21 bits per heavy atom. The quantitative estimate of drug-likeness (QED) is 0.631. The van der Waals surface area contributed by atoms with E-state index in [2.05, 4.69) is 27.7 Å². The van der Waals surface area contributed by atoms with Crippen LogP contribution < -0.4 is 0 Å². The third kappa shape index (κ3) is 17.7. The molecule has 0 aromatic heterocycles. The molecule has 0 aromatic carbocycles. The standard InChI is InChI=1S/C10H22.C2H6.CH2O/c1-5-9(3)7-8-10(4)6-2;2*1-2/h9-10H,5-8H2,1-4H3;1-2H3;1H2/t9-,10-;;/m0../s1. The Hall–Kier alpha value is -0.330. The molecule has 0 aliphatic rings. The van der Waals surface area contributed by atoms with Crippen LogP contribution in [0.2, 0.25) is 0 Å². The SMILES string of the molecule is C=O.CC.CC[C@H](C)CC[C@@H](C)CC. The maximum Gasteiger partial charge on any atom is 0.106 e. The molecule has 0 spiro atoms. The lowest BCUT2D eigenvalue weighted by Gasteiger charge is -2.11. The molecule has 0 aliphatic heterocycles. The molecule has 0 rings (SSSR count). The van der Waals surface area contributed by atoms with E-state index in [-0.39, 0.29) is 0 Å². The normalized spacial score (nSPS) is 12.7. The van der Waals surface area contributed by atoms with Gasteiger partial charge in [-0.2, -0.15) is 0 Å². The van der Waals surface area contributed by atoms with E-state index < -0.39 is 0 Å². The van der Waals surface area contributed by atoms with Crippen molar-refractivity contribution in [3.63, 3.8) is 0 Å². The van der Waals surface area contributed by atoms with Crippen molar-refractivity contribution in [3.05, 3.63) is 0 Å². The molecule has 0 aromatic rings. The molecule has 0 fully saturated rings. The van der Waals surface area contributed by atoms with Crippen LogP contribution in [0.15, 0.2) is 0 Å². The summed E-state index contributed by atoms with van der Waals surface area (Å²) < 4.78 is 0. The Kier molecular flexibility index (Phi) is 25.4. The van der Waals surface area contributed by atoms with Crippen LogP contribution in [0.5, 0.6) is 0 Å². The molecular weight excluding hydrogens is 172 g/mol. The van der Waals surface area contributed by atoms with Crippen LogP contribution in [0.25, 0.3) is 0 Å². The van der Waals surface area contributed by atoms with Crippen molar-refractivity contribution in [2.75, 3.05) is 0 Å². The van der Waals surface area contributed by atoms with E-state index in [9.17, 15) is 0 Å². The summed E-state index contributed by atoms with van der Waals surface area (Å²) in [6.45, 7) is 15.3. The van der Waals surface area contributed by atoms with Gasteiger partial charge in [0.15, 0.2) is 0 Å². The Balaban J connectivity index is -0.000000266. The van der Waals surface area contributed by atoms with E-state index in [0.717, 1.165) is 11.8 Å². The first kappa shape index (κ1) is 19.3. The van der Waals surface area contributed by atoms with Gasteiger partial charge in [-0.3, -0.25) is 0 Å². The van der Waals surface area contributed by atoms with Crippen molar-refractivity contribution in [2.45, 2.75) is 67.2 Å². The van der Waals surface area contributed by atoms with Gasteiger partial charge in [0.05, 0.1) is 0 Å². The molecule has 2 atom stereocenters. The minimum absolute atomic E-state index is 0.939. The summed E-state index contributed by atoms with van der Waals surface area (Å²) in [6, 6.07) is 0. The van der Waals surface area contributed by atoms with E-state index in [1.807, 2.05) is 20.6 Å². The molecule has 1 heteroatoms. The van der Waals surface area contributed by atoms with E-state index in [4.69, 9.17) is 4.79 Å². The Morgan fingerprint density at radius 2 is 1.07 bits per heavy atom. The minimum Gasteiger partial charge on any atom is -0.307 e. The fraction of sp³-hybridized carbons (Fsp3) is 0.923. The number of hydrogen-bond donors (Lipinski definition) is 0. The summed E-state index contributed by atoms with van der Waals surface area (Å²) in [5.74, 6) is 1.88. The van der Waals surface area contributed by atoms with Crippen molar-refractivity contribution >= 4 is 6.79 Å². The summed E-state index contributed by atoms with van der Waals surface area (Å²) in [5, 5.41) is 0. The molecule has 0 amide bonds. The summed E-state index contributed by atoms with van der Waals surface area (Å²) >= 11 is 0. The molecule has 0 bridgehead atoms. The van der Waals surface area contributed by atoms with Gasteiger partial charge in [-0.1, -0.05) is 67.2 Å². The van der Waals surface area contributed by atoms with Crippen molar-refractivity contribution in [3.8, 4) is 0 Å². The van der Waals surface area contributed by atoms with Crippen LogP contribution in [0.3, 0.4) is 0 Å². The number of carbonyl (C=O) groups excluding carboxylic acids is 1. The summed E-state index contributed by atoms with van der Waals surface area (Å²) in [7, 11) is 0. The van der Waals surface area contributed by atoms with Gasteiger partial charge in [0, 0.05) is 0 Å². The fourth-order valence-electron chi connectivity index (χ4n) is 0.977. The molecule has 1 nitrogen and oxygen atoms in total. The van der Waals surface area contributed by atoms with Gasteiger partial charge in [0.1, 0.15) is 6.79 Å². The summed E-state index contributed by atoms with van der Waals surface area (Å²) in [4.78, 5) is 8.00. The zero-order valence-corrected chi connectivity index (χ0v) is 11.1. The topological polar surface area (TPSA) is 17.1 Å². The van der Waals surface area contributed by atoms with Gasteiger partial charge in [0.2, 0.25) is 0 Å². The average Bonchev–Trinajstić information content (AvgIpc) is 2.30. The molecule has 0 saturated heterocycles. The number of carbonyl (C=O) groups is 1. The summed E-state index contributed by atoms with van der Waals surface area (Å²) in [5.41, 5.74) is 0. The first-order valence-electron chi connectivity index (χ1n) is 5.99. The average molecular weight is 202 g/mol. The van der Waals surface area contributed by atoms with Crippen LogP contribution in [0.4, 0.5) is 0 Å². The molecule has 0 saturated carbocycles. The van der Waals surface area contributed by atoms with Crippen molar-refractivity contribution in [1.82, 2.24) is 0 Å². The Bertz CT molecular complexity index is 71.3. The lowest BCUT2D eigenvalue weighted by molar-refractivity contribution is -0.0979. The highest BCUT2D eigenvalue weighted by Crippen LogP contribution is 2.16. The van der Waals surface area contributed by atoms with Gasteiger partial charge in [0.25, 0.3) is 0 Å². The van der Waals surface area contributed by atoms with Gasteiger partial charge < -0.3 is 4.79 Å². The summed E-state index contributed by atoms with van der Waals surface area (Å²) in [6.07, 6.45) is 5.53. The third-order valence-electron chi connectivity index (χ3n) is 2.55. The second-order valence-electron chi connectivity index (χ2n) is 3.60. The maximum atomic E-state index is 8.00. The van der Waals surface area contributed by atoms with Crippen LogP contribution in [0, 0.1) is 11.8 Å². The molecule has 0 radical (unpaired) electrons. The molecule has 0 aliphatic carbocycles. The second-order valence-corrected chi connectivity index (χ2v) is 3.60. The molecule has 0 heterocycles. The van der Waals surface area contributed by atoms with E-state index in [0.29, 0.717) is 0 Å². The molecule has 88 valence electrons. The van der Waals surface area contributed by atoms with Crippen LogP contribution in [-0.2, 0) is 4.79 Å². The highest BCUT2D eigenvalue weighted by atomic mass is 16.1. The monoisotopic (exact) mass is 202 g/mol. The van der Waals surface area contributed by atoms with Crippen molar-refractivity contribution in [1.29, 1.82) is 0 Å². The zero-order valence-electron chi connectivity index (χ0n) is 11.1. The Morgan fingerprint density at radius 1 is 0.857 bits per heavy atom. The first-order valence-corrected chi connectivity index (χ1v) is 5.99. The fourth-order valence-corrected chi connectivity index (χ4v) is 0.977. The van der Waals surface area contributed by atoms with Gasteiger partial charge in [-0.15, -0.1) is 0 Å². The predicted molar refractivity (Wildman–Crippen MR) is 66.6 cm³/mol. The molecule has 0 unspecified atom stereocenters. The van der Waals surface area contributed by atoms with E-state index >= 15 is 0 Å². The van der Waals surface area contributed by atoms with Crippen LogP contribution >= 0.6 is 0 Å². The third-order valence-corrected chi connectivity index (χ3v) is 2.55. The number of hydrogen-bond acceptors (Lipinski definition) is 1. The second kappa shape index (κ2) is 18.5. The largest absolute Gasteiger partial charge is 0.307 e. The number of rotatable bonds is 5. The van der Waals surface area contributed by atoms with Gasteiger partial charge in [-0.25, -0.2) is 0 Å². The van der Waals surface area contributed by atoms with Crippen molar-refractivity contribution in [2.24, 2.45) is 11.8 Å². The predicted octanol–water partition coefficient (Wildman–Crippen LogP) is 4.70. The lowest BCUT2D eigenvalue weighted by atomic mass is 9.95. The molecular formula is C13H30O. The highest BCUT2D eigenvalue weighted by molar-refractivity contribution is 5.10.